The van der Waals surface area contributed by atoms with Crippen molar-refractivity contribution in [3.63, 3.8) is 0 Å². The van der Waals surface area contributed by atoms with E-state index in [1.165, 1.54) is 0 Å². The molecule has 1 heterocycles. The first-order valence-electron chi connectivity index (χ1n) is 5.22. The van der Waals surface area contributed by atoms with E-state index < -0.39 is 0 Å². The van der Waals surface area contributed by atoms with Gasteiger partial charge in [0.1, 0.15) is 11.6 Å². The van der Waals surface area contributed by atoms with E-state index in [1.54, 1.807) is 0 Å². The highest BCUT2D eigenvalue weighted by atomic mass is 15.0. The number of nitrogens with zero attached hydrogens (tertiary/aromatic N) is 2. The Kier molecular flexibility index (Phi) is 4.62. The third-order valence-electron chi connectivity index (χ3n) is 2.02. The zero-order valence-corrected chi connectivity index (χ0v) is 9.38. The van der Waals surface area contributed by atoms with Crippen molar-refractivity contribution >= 4 is 5.82 Å². The minimum Gasteiger partial charge on any atom is -0.370 e. The zero-order chi connectivity index (χ0) is 11.1. The van der Waals surface area contributed by atoms with Crippen molar-refractivity contribution in [1.82, 2.24) is 9.97 Å². The average molecular weight is 203 g/mol. The lowest BCUT2D eigenvalue weighted by atomic mass is 10.2. The summed E-state index contributed by atoms with van der Waals surface area (Å²) in [6.07, 6.45) is 8.16. The van der Waals surface area contributed by atoms with Crippen LogP contribution in [0, 0.1) is 26.2 Å². The van der Waals surface area contributed by atoms with Gasteiger partial charge in [0.2, 0.25) is 0 Å². The quantitative estimate of drug-likeness (QED) is 0.589. The van der Waals surface area contributed by atoms with Gasteiger partial charge in [0.15, 0.2) is 0 Å². The molecular weight excluding hydrogens is 186 g/mol. The molecule has 0 aromatic carbocycles. The predicted molar refractivity (Wildman–Crippen MR) is 62.7 cm³/mol. The molecular formula is C12H17N3. The van der Waals surface area contributed by atoms with Gasteiger partial charge in [-0.25, -0.2) is 9.97 Å². The number of aromatic nitrogens is 2. The molecule has 0 aliphatic heterocycles. The van der Waals surface area contributed by atoms with E-state index in [-0.39, 0.29) is 0 Å². The van der Waals surface area contributed by atoms with E-state index in [9.17, 15) is 0 Å². The molecule has 0 amide bonds. The number of rotatable bonds is 5. The molecule has 3 nitrogen and oxygen atoms in total. The summed E-state index contributed by atoms with van der Waals surface area (Å²) in [5.41, 5.74) is 0.994. The summed E-state index contributed by atoms with van der Waals surface area (Å²) in [6, 6.07) is 1.95. The van der Waals surface area contributed by atoms with Crippen LogP contribution in [0.3, 0.4) is 0 Å². The first-order chi connectivity index (χ1) is 7.22. The normalized spacial score (nSPS) is 9.67. The smallest absolute Gasteiger partial charge is 0.129 e. The van der Waals surface area contributed by atoms with E-state index >= 15 is 0 Å². The highest BCUT2D eigenvalue weighted by Crippen LogP contribution is 2.05. The van der Waals surface area contributed by atoms with Crippen molar-refractivity contribution in [1.29, 1.82) is 0 Å². The predicted octanol–water partition coefficient (Wildman–Crippen LogP) is 2.31. The Morgan fingerprint density at radius 3 is 2.80 bits per heavy atom. The Labute approximate surface area is 91.3 Å². The highest BCUT2D eigenvalue weighted by molar-refractivity contribution is 5.35. The van der Waals surface area contributed by atoms with Crippen LogP contribution < -0.4 is 5.32 Å². The first-order valence-corrected chi connectivity index (χ1v) is 5.22. The van der Waals surface area contributed by atoms with Crippen molar-refractivity contribution in [3.8, 4) is 12.3 Å². The van der Waals surface area contributed by atoms with Gasteiger partial charge in [-0.15, -0.1) is 12.3 Å². The molecule has 1 rings (SSSR count). The van der Waals surface area contributed by atoms with Crippen LogP contribution in [0.25, 0.3) is 0 Å². The number of anilines is 1. The monoisotopic (exact) mass is 203 g/mol. The van der Waals surface area contributed by atoms with E-state index in [0.29, 0.717) is 0 Å². The summed E-state index contributed by atoms with van der Waals surface area (Å²) in [7, 11) is 0. The molecule has 80 valence electrons. The Balaban J connectivity index is 2.34. The maximum absolute atomic E-state index is 5.17. The summed E-state index contributed by atoms with van der Waals surface area (Å²) in [5, 5.41) is 3.27. The Bertz CT molecular complexity index is 332. The zero-order valence-electron chi connectivity index (χ0n) is 9.38. The van der Waals surface area contributed by atoms with E-state index in [0.717, 1.165) is 43.1 Å². The van der Waals surface area contributed by atoms with Crippen molar-refractivity contribution in [2.24, 2.45) is 0 Å². The van der Waals surface area contributed by atoms with E-state index in [2.05, 4.69) is 21.2 Å². The Morgan fingerprint density at radius 1 is 1.33 bits per heavy atom. The fraction of sp³-hybridized carbons (Fsp3) is 0.500. The van der Waals surface area contributed by atoms with Gasteiger partial charge in [-0.05, 0) is 26.7 Å². The fourth-order valence-electron chi connectivity index (χ4n) is 1.38. The summed E-state index contributed by atoms with van der Waals surface area (Å²) in [4.78, 5) is 8.50. The number of unbranched alkanes of at least 4 members (excludes halogenated alkanes) is 2. The van der Waals surface area contributed by atoms with Gasteiger partial charge in [0.05, 0.1) is 0 Å². The maximum Gasteiger partial charge on any atom is 0.129 e. The van der Waals surface area contributed by atoms with Crippen molar-refractivity contribution in [2.45, 2.75) is 33.1 Å². The lowest BCUT2D eigenvalue weighted by Gasteiger charge is -2.06. The lowest BCUT2D eigenvalue weighted by Crippen LogP contribution is -2.05. The Hall–Kier alpha value is -1.56. The average Bonchev–Trinajstić information content (AvgIpc) is 2.16. The van der Waals surface area contributed by atoms with Gasteiger partial charge in [-0.3, -0.25) is 0 Å². The summed E-state index contributed by atoms with van der Waals surface area (Å²) in [6.45, 7) is 4.78. The number of nitrogens with one attached hydrogen (secondary N) is 1. The summed E-state index contributed by atoms with van der Waals surface area (Å²) < 4.78 is 0. The molecule has 0 spiro atoms. The lowest BCUT2D eigenvalue weighted by molar-refractivity contribution is 0.786. The number of hydrogen-bond donors (Lipinski definition) is 1. The van der Waals surface area contributed by atoms with Crippen LogP contribution in [-0.2, 0) is 0 Å². The van der Waals surface area contributed by atoms with E-state index in [4.69, 9.17) is 6.42 Å². The standard InChI is InChI=1S/C12H17N3/c1-4-5-6-7-8-13-12-9-10(2)14-11(3)15-12/h1,9H,5-8H2,2-3H3,(H,13,14,15). The molecule has 1 aromatic rings. The van der Waals surface area contributed by atoms with Gasteiger partial charge in [-0.1, -0.05) is 0 Å². The number of terminal acetylenes is 1. The molecule has 0 fully saturated rings. The molecule has 0 unspecified atom stereocenters. The van der Waals surface area contributed by atoms with E-state index in [1.807, 2.05) is 19.9 Å². The van der Waals surface area contributed by atoms with Crippen LogP contribution in [0.1, 0.15) is 30.8 Å². The third kappa shape index (κ3) is 4.46. The maximum atomic E-state index is 5.17. The third-order valence-corrected chi connectivity index (χ3v) is 2.02. The van der Waals surface area contributed by atoms with Gasteiger partial charge >= 0.3 is 0 Å². The van der Waals surface area contributed by atoms with Gasteiger partial charge in [0.25, 0.3) is 0 Å². The van der Waals surface area contributed by atoms with Gasteiger partial charge in [0, 0.05) is 24.7 Å². The fourth-order valence-corrected chi connectivity index (χ4v) is 1.38. The molecule has 0 radical (unpaired) electrons. The highest BCUT2D eigenvalue weighted by Gasteiger charge is 1.97. The molecule has 1 N–H and O–H groups in total. The second-order valence-electron chi connectivity index (χ2n) is 3.53. The van der Waals surface area contributed by atoms with Crippen LogP contribution in [0.15, 0.2) is 6.07 Å². The minimum absolute atomic E-state index is 0.807. The molecule has 0 bridgehead atoms. The van der Waals surface area contributed by atoms with Crippen LogP contribution >= 0.6 is 0 Å². The van der Waals surface area contributed by atoms with Crippen molar-refractivity contribution < 1.29 is 0 Å². The largest absolute Gasteiger partial charge is 0.370 e. The first kappa shape index (κ1) is 11.5. The Morgan fingerprint density at radius 2 is 2.13 bits per heavy atom. The molecule has 0 atom stereocenters. The van der Waals surface area contributed by atoms with Gasteiger partial charge in [-0.2, -0.15) is 0 Å². The molecule has 15 heavy (non-hydrogen) atoms. The summed E-state index contributed by atoms with van der Waals surface area (Å²) in [5.74, 6) is 4.34. The van der Waals surface area contributed by atoms with Crippen molar-refractivity contribution in [2.75, 3.05) is 11.9 Å². The topological polar surface area (TPSA) is 37.8 Å². The molecule has 0 aliphatic rings. The van der Waals surface area contributed by atoms with Crippen LogP contribution in [0.2, 0.25) is 0 Å². The molecule has 3 heteroatoms. The molecule has 0 saturated heterocycles. The van der Waals surface area contributed by atoms with Gasteiger partial charge < -0.3 is 5.32 Å². The molecule has 0 saturated carbocycles. The summed E-state index contributed by atoms with van der Waals surface area (Å²) >= 11 is 0. The SMILES string of the molecule is C#CCCCCNc1cc(C)nc(C)n1. The second kappa shape index (κ2) is 6.02. The van der Waals surface area contributed by atoms with Crippen LogP contribution in [0.4, 0.5) is 5.82 Å². The number of hydrogen-bond acceptors (Lipinski definition) is 3. The second-order valence-corrected chi connectivity index (χ2v) is 3.53. The van der Waals surface area contributed by atoms with Crippen molar-refractivity contribution in [3.05, 3.63) is 17.6 Å². The molecule has 1 aromatic heterocycles. The van der Waals surface area contributed by atoms with Crippen LogP contribution in [-0.4, -0.2) is 16.5 Å². The van der Waals surface area contributed by atoms with Crippen LogP contribution in [0.5, 0.6) is 0 Å². The number of aryl methyl sites for hydroxylation is 2. The molecule has 0 aliphatic carbocycles. The minimum atomic E-state index is 0.807.